The average Bonchev–Trinajstić information content (AvgIpc) is 2.44. The van der Waals surface area contributed by atoms with Gasteiger partial charge in [0.25, 0.3) is 0 Å². The molecule has 0 aromatic carbocycles. The van der Waals surface area contributed by atoms with Gasteiger partial charge in [0.15, 0.2) is 0 Å². The van der Waals surface area contributed by atoms with E-state index in [9.17, 15) is 0 Å². The Kier molecular flexibility index (Phi) is 4.02. The van der Waals surface area contributed by atoms with Crippen LogP contribution in [0.1, 0.15) is 30.6 Å². The number of hydrogen-bond acceptors (Lipinski definition) is 2. The smallest absolute Gasteiger partial charge is 0.0339 e. The minimum absolute atomic E-state index is 1.14. The van der Waals surface area contributed by atoms with E-state index < -0.39 is 0 Å². The van der Waals surface area contributed by atoms with Crippen LogP contribution in [0, 0.1) is 0 Å². The number of likely N-dealkylation sites (tertiary alicyclic amines) is 1. The van der Waals surface area contributed by atoms with Gasteiger partial charge in [0.2, 0.25) is 0 Å². The number of nitrogens with zero attached hydrogens (tertiary/aromatic N) is 1. The van der Waals surface area contributed by atoms with Crippen LogP contribution in [0.2, 0.25) is 0 Å². The van der Waals surface area contributed by atoms with E-state index in [4.69, 9.17) is 0 Å². The standard InChI is InChI=1S/C11H16BrNS/c12-10-5-8-14-11(10)9-13-6-3-1-2-4-7-13/h5,8H,1-4,6-7,9H2. The lowest BCUT2D eigenvalue weighted by Gasteiger charge is -2.18. The Morgan fingerprint density at radius 2 is 1.93 bits per heavy atom. The molecule has 0 spiro atoms. The maximum Gasteiger partial charge on any atom is 0.0339 e. The predicted octanol–water partition coefficient (Wildman–Crippen LogP) is 3.89. The van der Waals surface area contributed by atoms with Crippen molar-refractivity contribution in [1.29, 1.82) is 0 Å². The zero-order chi connectivity index (χ0) is 9.80. The molecule has 1 aromatic heterocycles. The average molecular weight is 274 g/mol. The summed E-state index contributed by atoms with van der Waals surface area (Å²) in [5.74, 6) is 0. The van der Waals surface area contributed by atoms with Crippen LogP contribution in [0.5, 0.6) is 0 Å². The Morgan fingerprint density at radius 1 is 1.21 bits per heavy atom. The fourth-order valence-electron chi connectivity index (χ4n) is 1.94. The van der Waals surface area contributed by atoms with Gasteiger partial charge in [-0.1, -0.05) is 12.8 Å². The van der Waals surface area contributed by atoms with Crippen molar-refractivity contribution in [3.05, 3.63) is 20.8 Å². The highest BCUT2D eigenvalue weighted by Gasteiger charge is 2.11. The third-order valence-electron chi connectivity index (χ3n) is 2.76. The Balaban J connectivity index is 1.92. The molecule has 1 fully saturated rings. The lowest BCUT2D eigenvalue weighted by molar-refractivity contribution is 0.279. The van der Waals surface area contributed by atoms with Crippen LogP contribution in [0.25, 0.3) is 0 Å². The van der Waals surface area contributed by atoms with Gasteiger partial charge in [-0.3, -0.25) is 4.90 Å². The van der Waals surface area contributed by atoms with E-state index in [-0.39, 0.29) is 0 Å². The van der Waals surface area contributed by atoms with Crippen molar-refractivity contribution in [3.8, 4) is 0 Å². The normalized spacial score (nSPS) is 19.5. The summed E-state index contributed by atoms with van der Waals surface area (Å²) in [7, 11) is 0. The predicted molar refractivity (Wildman–Crippen MR) is 65.8 cm³/mol. The van der Waals surface area contributed by atoms with Gasteiger partial charge in [-0.25, -0.2) is 0 Å². The molecule has 14 heavy (non-hydrogen) atoms. The van der Waals surface area contributed by atoms with Crippen molar-refractivity contribution >= 4 is 27.3 Å². The molecule has 0 radical (unpaired) electrons. The molecule has 2 heterocycles. The van der Waals surface area contributed by atoms with Gasteiger partial charge < -0.3 is 0 Å². The summed E-state index contributed by atoms with van der Waals surface area (Å²) in [6.07, 6.45) is 5.59. The van der Waals surface area contributed by atoms with E-state index in [1.165, 1.54) is 48.1 Å². The molecule has 1 aromatic rings. The van der Waals surface area contributed by atoms with Crippen LogP contribution in [-0.2, 0) is 6.54 Å². The molecule has 0 aliphatic carbocycles. The highest BCUT2D eigenvalue weighted by Crippen LogP contribution is 2.25. The van der Waals surface area contributed by atoms with Crippen molar-refractivity contribution in [3.63, 3.8) is 0 Å². The molecular formula is C11H16BrNS. The fourth-order valence-corrected chi connectivity index (χ4v) is 3.45. The quantitative estimate of drug-likeness (QED) is 0.791. The van der Waals surface area contributed by atoms with Crippen molar-refractivity contribution < 1.29 is 0 Å². The minimum Gasteiger partial charge on any atom is -0.298 e. The Hall–Kier alpha value is 0.140. The first-order valence-electron chi connectivity index (χ1n) is 5.30. The zero-order valence-electron chi connectivity index (χ0n) is 8.34. The molecule has 1 nitrogen and oxygen atoms in total. The zero-order valence-corrected chi connectivity index (χ0v) is 10.7. The summed E-state index contributed by atoms with van der Waals surface area (Å²) in [4.78, 5) is 4.07. The van der Waals surface area contributed by atoms with Crippen LogP contribution in [0.4, 0.5) is 0 Å². The summed E-state index contributed by atoms with van der Waals surface area (Å²) in [6.45, 7) is 3.70. The third-order valence-corrected chi connectivity index (χ3v) is 4.67. The van der Waals surface area contributed by atoms with E-state index in [2.05, 4.69) is 32.3 Å². The topological polar surface area (TPSA) is 3.24 Å². The second kappa shape index (κ2) is 5.29. The summed E-state index contributed by atoms with van der Waals surface area (Å²) < 4.78 is 1.28. The largest absolute Gasteiger partial charge is 0.298 e. The SMILES string of the molecule is Brc1ccsc1CN1CCCCCC1. The molecule has 1 aliphatic rings. The molecule has 1 aliphatic heterocycles. The van der Waals surface area contributed by atoms with E-state index in [0.717, 1.165) is 6.54 Å². The maximum absolute atomic E-state index is 3.60. The number of rotatable bonds is 2. The van der Waals surface area contributed by atoms with Crippen LogP contribution < -0.4 is 0 Å². The monoisotopic (exact) mass is 273 g/mol. The van der Waals surface area contributed by atoms with Gasteiger partial charge in [-0.15, -0.1) is 11.3 Å². The summed E-state index contributed by atoms with van der Waals surface area (Å²) in [5.41, 5.74) is 0. The Bertz CT molecular complexity index is 277. The Labute approximate surface area is 98.2 Å². The highest BCUT2D eigenvalue weighted by molar-refractivity contribution is 9.10. The lowest BCUT2D eigenvalue weighted by Crippen LogP contribution is -2.23. The number of thiophene rings is 1. The second-order valence-corrected chi connectivity index (χ2v) is 5.74. The van der Waals surface area contributed by atoms with Crippen molar-refractivity contribution in [2.24, 2.45) is 0 Å². The molecule has 1 saturated heterocycles. The van der Waals surface area contributed by atoms with Gasteiger partial charge in [0, 0.05) is 15.9 Å². The first-order chi connectivity index (χ1) is 6.86. The van der Waals surface area contributed by atoms with E-state index in [1.807, 2.05) is 11.3 Å². The van der Waals surface area contributed by atoms with Crippen molar-refractivity contribution in [2.75, 3.05) is 13.1 Å². The summed E-state index contributed by atoms with van der Waals surface area (Å²) in [6, 6.07) is 2.15. The van der Waals surface area contributed by atoms with Crippen LogP contribution >= 0.6 is 27.3 Å². The molecule has 3 heteroatoms. The molecule has 0 saturated carbocycles. The molecule has 78 valence electrons. The molecule has 0 amide bonds. The molecule has 0 N–H and O–H groups in total. The summed E-state index contributed by atoms with van der Waals surface area (Å²) in [5, 5.41) is 2.16. The molecule has 0 atom stereocenters. The van der Waals surface area contributed by atoms with Crippen molar-refractivity contribution in [1.82, 2.24) is 4.90 Å². The van der Waals surface area contributed by atoms with E-state index >= 15 is 0 Å². The highest BCUT2D eigenvalue weighted by atomic mass is 79.9. The molecular weight excluding hydrogens is 258 g/mol. The van der Waals surface area contributed by atoms with Gasteiger partial charge >= 0.3 is 0 Å². The number of hydrogen-bond donors (Lipinski definition) is 0. The lowest BCUT2D eigenvalue weighted by atomic mass is 10.2. The van der Waals surface area contributed by atoms with Crippen LogP contribution in [-0.4, -0.2) is 18.0 Å². The van der Waals surface area contributed by atoms with Crippen LogP contribution in [0.3, 0.4) is 0 Å². The first-order valence-corrected chi connectivity index (χ1v) is 6.98. The second-order valence-electron chi connectivity index (χ2n) is 3.88. The fraction of sp³-hybridized carbons (Fsp3) is 0.636. The van der Waals surface area contributed by atoms with Gasteiger partial charge in [-0.2, -0.15) is 0 Å². The van der Waals surface area contributed by atoms with Crippen LogP contribution in [0.15, 0.2) is 15.9 Å². The van der Waals surface area contributed by atoms with Gasteiger partial charge in [0.1, 0.15) is 0 Å². The third kappa shape index (κ3) is 2.81. The van der Waals surface area contributed by atoms with Gasteiger partial charge in [0.05, 0.1) is 0 Å². The first kappa shape index (κ1) is 10.7. The number of halogens is 1. The molecule has 0 bridgehead atoms. The maximum atomic E-state index is 3.60. The van der Waals surface area contributed by atoms with E-state index in [0.29, 0.717) is 0 Å². The molecule has 2 rings (SSSR count). The van der Waals surface area contributed by atoms with E-state index in [1.54, 1.807) is 0 Å². The minimum atomic E-state index is 1.14. The van der Waals surface area contributed by atoms with Crippen molar-refractivity contribution in [2.45, 2.75) is 32.2 Å². The summed E-state index contributed by atoms with van der Waals surface area (Å²) >= 11 is 5.46. The Morgan fingerprint density at radius 3 is 2.50 bits per heavy atom. The van der Waals surface area contributed by atoms with Gasteiger partial charge in [-0.05, 0) is 53.3 Å². The molecule has 0 unspecified atom stereocenters.